The second kappa shape index (κ2) is 9.25. The minimum Gasteiger partial charge on any atom is -0.457 e. The number of hydrogen-bond donors (Lipinski definition) is 3. The number of nitrogens with one attached hydrogen (secondary N) is 3. The third kappa shape index (κ3) is 4.58. The number of halogens is 1. The van der Waals surface area contributed by atoms with E-state index in [1.165, 1.54) is 6.42 Å². The van der Waals surface area contributed by atoms with E-state index in [4.69, 9.17) is 16.0 Å². The molecule has 1 unspecified atom stereocenters. The summed E-state index contributed by atoms with van der Waals surface area (Å²) < 4.78 is 5.98. The standard InChI is InChI=1S/C26H24ClN3O3/c27-22-9-7-16(14-21(22)25(31)29-13-11-17-4-3-12-28-17)24-10-8-18(33-24)15-20-19-5-1-2-6-23(19)30-26(20)32/h1-2,5-10,14-15,17,28H,3-4,11-13H2,(H,29,31)(H,30,32). The molecule has 7 heteroatoms. The second-order valence-electron chi connectivity index (χ2n) is 8.29. The number of carbonyl (C=O) groups is 2. The van der Waals surface area contributed by atoms with Gasteiger partial charge in [-0.05, 0) is 68.3 Å². The number of para-hydroxylation sites is 1. The van der Waals surface area contributed by atoms with Crippen molar-refractivity contribution in [3.8, 4) is 11.3 Å². The molecule has 2 aliphatic heterocycles. The van der Waals surface area contributed by atoms with E-state index in [9.17, 15) is 9.59 Å². The van der Waals surface area contributed by atoms with Crippen LogP contribution in [0, 0.1) is 0 Å². The Balaban J connectivity index is 1.32. The fraction of sp³-hybridized carbons (Fsp3) is 0.231. The second-order valence-corrected chi connectivity index (χ2v) is 8.70. The van der Waals surface area contributed by atoms with Gasteiger partial charge in [0.15, 0.2) is 0 Å². The fourth-order valence-electron chi connectivity index (χ4n) is 4.32. The summed E-state index contributed by atoms with van der Waals surface area (Å²) in [5.41, 5.74) is 3.34. The first-order chi connectivity index (χ1) is 16.1. The van der Waals surface area contributed by atoms with Crippen LogP contribution >= 0.6 is 11.6 Å². The zero-order chi connectivity index (χ0) is 22.8. The Bertz CT molecular complexity index is 1240. The van der Waals surface area contributed by atoms with Crippen molar-refractivity contribution < 1.29 is 14.0 Å². The van der Waals surface area contributed by atoms with Crippen LogP contribution in [-0.4, -0.2) is 30.9 Å². The maximum atomic E-state index is 12.7. The Kier molecular flexibility index (Phi) is 6.03. The molecule has 1 atom stereocenters. The zero-order valence-corrected chi connectivity index (χ0v) is 18.7. The van der Waals surface area contributed by atoms with E-state index in [0.717, 1.165) is 36.2 Å². The normalized spacial score (nSPS) is 18.4. The SMILES string of the molecule is O=C1Nc2ccccc2C1=Cc1ccc(-c2ccc(Cl)c(C(=O)NCCC3CCCN3)c2)o1. The monoisotopic (exact) mass is 461 g/mol. The summed E-state index contributed by atoms with van der Waals surface area (Å²) in [7, 11) is 0. The molecule has 1 fully saturated rings. The van der Waals surface area contributed by atoms with Gasteiger partial charge in [0.2, 0.25) is 0 Å². The molecule has 5 rings (SSSR count). The van der Waals surface area contributed by atoms with Crippen molar-refractivity contribution in [2.75, 3.05) is 18.4 Å². The van der Waals surface area contributed by atoms with Gasteiger partial charge in [0.1, 0.15) is 11.5 Å². The number of rotatable bonds is 6. The lowest BCUT2D eigenvalue weighted by Gasteiger charge is -2.12. The van der Waals surface area contributed by atoms with Crippen LogP contribution in [0.4, 0.5) is 5.69 Å². The number of carbonyl (C=O) groups excluding carboxylic acids is 2. The predicted molar refractivity (Wildman–Crippen MR) is 130 cm³/mol. The van der Waals surface area contributed by atoms with Gasteiger partial charge in [0.05, 0.1) is 16.2 Å². The van der Waals surface area contributed by atoms with Crippen molar-refractivity contribution in [3.05, 3.63) is 76.5 Å². The number of benzene rings is 2. The van der Waals surface area contributed by atoms with Crippen LogP contribution in [0.15, 0.2) is 59.0 Å². The summed E-state index contributed by atoms with van der Waals surface area (Å²) in [6.07, 6.45) is 4.96. The molecular weight excluding hydrogens is 438 g/mol. The molecule has 0 saturated carbocycles. The molecule has 1 saturated heterocycles. The van der Waals surface area contributed by atoms with E-state index in [1.807, 2.05) is 36.4 Å². The van der Waals surface area contributed by atoms with Crippen molar-refractivity contribution in [3.63, 3.8) is 0 Å². The van der Waals surface area contributed by atoms with Gasteiger partial charge in [-0.2, -0.15) is 0 Å². The van der Waals surface area contributed by atoms with Gasteiger partial charge < -0.3 is 20.4 Å². The first kappa shape index (κ1) is 21.5. The van der Waals surface area contributed by atoms with Crippen molar-refractivity contribution in [2.45, 2.75) is 25.3 Å². The first-order valence-corrected chi connectivity index (χ1v) is 11.5. The van der Waals surface area contributed by atoms with Crippen LogP contribution in [0.2, 0.25) is 5.02 Å². The van der Waals surface area contributed by atoms with Crippen LogP contribution in [0.25, 0.3) is 23.0 Å². The van der Waals surface area contributed by atoms with E-state index in [2.05, 4.69) is 16.0 Å². The van der Waals surface area contributed by atoms with Crippen LogP contribution in [0.1, 0.15) is 40.9 Å². The molecule has 0 radical (unpaired) electrons. The Morgan fingerprint density at radius 1 is 1.18 bits per heavy atom. The number of amides is 2. The summed E-state index contributed by atoms with van der Waals surface area (Å²) in [6, 6.07) is 16.9. The summed E-state index contributed by atoms with van der Waals surface area (Å²) in [5.74, 6) is 0.784. The number of furan rings is 1. The lowest BCUT2D eigenvalue weighted by Crippen LogP contribution is -2.30. The Morgan fingerprint density at radius 3 is 2.91 bits per heavy atom. The van der Waals surface area contributed by atoms with E-state index in [-0.39, 0.29) is 11.8 Å². The van der Waals surface area contributed by atoms with Gasteiger partial charge in [-0.3, -0.25) is 9.59 Å². The van der Waals surface area contributed by atoms with Gasteiger partial charge in [0.25, 0.3) is 11.8 Å². The van der Waals surface area contributed by atoms with Crippen LogP contribution < -0.4 is 16.0 Å². The molecule has 33 heavy (non-hydrogen) atoms. The molecule has 2 amide bonds. The lowest BCUT2D eigenvalue weighted by molar-refractivity contribution is -0.110. The van der Waals surface area contributed by atoms with Crippen LogP contribution in [0.3, 0.4) is 0 Å². The molecule has 0 aliphatic carbocycles. The summed E-state index contributed by atoms with van der Waals surface area (Å²) in [4.78, 5) is 25.1. The number of fused-ring (bicyclic) bond motifs is 1. The molecule has 6 nitrogen and oxygen atoms in total. The van der Waals surface area contributed by atoms with Crippen molar-refractivity contribution in [1.29, 1.82) is 0 Å². The van der Waals surface area contributed by atoms with Crippen molar-refractivity contribution >= 4 is 40.8 Å². The minimum atomic E-state index is -0.201. The van der Waals surface area contributed by atoms with Gasteiger partial charge >= 0.3 is 0 Å². The van der Waals surface area contributed by atoms with Gasteiger partial charge in [-0.1, -0.05) is 29.8 Å². The maximum Gasteiger partial charge on any atom is 0.256 e. The van der Waals surface area contributed by atoms with E-state index in [0.29, 0.717) is 40.3 Å². The lowest BCUT2D eigenvalue weighted by atomic mass is 10.1. The molecule has 3 aromatic rings. The number of anilines is 1. The largest absolute Gasteiger partial charge is 0.457 e. The Morgan fingerprint density at radius 2 is 2.06 bits per heavy atom. The smallest absolute Gasteiger partial charge is 0.256 e. The summed E-state index contributed by atoms with van der Waals surface area (Å²) >= 11 is 6.31. The Labute approximate surface area is 197 Å². The van der Waals surface area contributed by atoms with E-state index < -0.39 is 0 Å². The van der Waals surface area contributed by atoms with Crippen LogP contribution in [-0.2, 0) is 4.79 Å². The average Bonchev–Trinajstić information content (AvgIpc) is 3.56. The summed E-state index contributed by atoms with van der Waals surface area (Å²) in [5, 5.41) is 9.64. The van der Waals surface area contributed by atoms with E-state index >= 15 is 0 Å². The van der Waals surface area contributed by atoms with Gasteiger partial charge in [-0.15, -0.1) is 0 Å². The molecule has 0 spiro atoms. The quantitative estimate of drug-likeness (QED) is 0.453. The molecule has 3 heterocycles. The maximum absolute atomic E-state index is 12.7. The first-order valence-electron chi connectivity index (χ1n) is 11.1. The highest BCUT2D eigenvalue weighted by Gasteiger charge is 2.24. The van der Waals surface area contributed by atoms with Crippen molar-refractivity contribution in [1.82, 2.24) is 10.6 Å². The topological polar surface area (TPSA) is 83.4 Å². The fourth-order valence-corrected chi connectivity index (χ4v) is 4.52. The molecule has 0 bridgehead atoms. The third-order valence-corrected chi connectivity index (χ3v) is 6.39. The van der Waals surface area contributed by atoms with E-state index in [1.54, 1.807) is 24.3 Å². The van der Waals surface area contributed by atoms with Gasteiger partial charge in [-0.25, -0.2) is 0 Å². The molecule has 1 aromatic heterocycles. The zero-order valence-electron chi connectivity index (χ0n) is 18.0. The highest BCUT2D eigenvalue weighted by molar-refractivity contribution is 6.35. The third-order valence-electron chi connectivity index (χ3n) is 6.06. The van der Waals surface area contributed by atoms with Crippen LogP contribution in [0.5, 0.6) is 0 Å². The molecular formula is C26H24ClN3O3. The summed E-state index contributed by atoms with van der Waals surface area (Å²) in [6.45, 7) is 1.64. The van der Waals surface area contributed by atoms with Gasteiger partial charge in [0, 0.05) is 29.4 Å². The highest BCUT2D eigenvalue weighted by atomic mass is 35.5. The Hall–Kier alpha value is -3.35. The minimum absolute atomic E-state index is 0.160. The number of hydrogen-bond acceptors (Lipinski definition) is 4. The predicted octanol–water partition coefficient (Wildman–Crippen LogP) is 4.96. The molecule has 2 aliphatic rings. The van der Waals surface area contributed by atoms with Crippen molar-refractivity contribution in [2.24, 2.45) is 0 Å². The molecule has 2 aromatic carbocycles. The average molecular weight is 462 g/mol. The molecule has 168 valence electrons. The molecule has 3 N–H and O–H groups in total. The highest BCUT2D eigenvalue weighted by Crippen LogP contribution is 2.34.